The van der Waals surface area contributed by atoms with Gasteiger partial charge in [-0.05, 0) is 24.6 Å². The lowest BCUT2D eigenvalue weighted by molar-refractivity contribution is -0.137. The van der Waals surface area contributed by atoms with Gasteiger partial charge < -0.3 is 19.9 Å². The Kier molecular flexibility index (Phi) is 4.39. The standard InChI is InChI=1S/C18H19F4N3O3/c19-13-5-12(18(20,21)22)1-2-14(13)28-8-11-6-24(7-11)16(27)25-9-17(10-25)4-3-15(26)23-17/h1-2,5,11H,3-4,6-10H2,(H,23,26). The van der Waals surface area contributed by atoms with Crippen LogP contribution in [0.1, 0.15) is 18.4 Å². The number of urea groups is 1. The van der Waals surface area contributed by atoms with Crippen LogP contribution in [0.4, 0.5) is 22.4 Å². The maximum atomic E-state index is 13.8. The van der Waals surface area contributed by atoms with Crippen molar-refractivity contribution in [3.8, 4) is 5.75 Å². The molecule has 6 nitrogen and oxygen atoms in total. The summed E-state index contributed by atoms with van der Waals surface area (Å²) in [6, 6.07) is 2.04. The Morgan fingerprint density at radius 3 is 2.54 bits per heavy atom. The lowest BCUT2D eigenvalue weighted by Crippen LogP contribution is -2.71. The molecule has 10 heteroatoms. The van der Waals surface area contributed by atoms with E-state index in [0.29, 0.717) is 38.7 Å². The fourth-order valence-corrected chi connectivity index (χ4v) is 3.86. The minimum Gasteiger partial charge on any atom is -0.490 e. The topological polar surface area (TPSA) is 61.9 Å². The third-order valence-electron chi connectivity index (χ3n) is 5.45. The quantitative estimate of drug-likeness (QED) is 0.791. The molecule has 3 fully saturated rings. The zero-order chi connectivity index (χ0) is 20.1. The van der Waals surface area contributed by atoms with Crippen LogP contribution in [-0.4, -0.2) is 60.1 Å². The van der Waals surface area contributed by atoms with E-state index in [4.69, 9.17) is 4.74 Å². The number of nitrogens with one attached hydrogen (secondary N) is 1. The summed E-state index contributed by atoms with van der Waals surface area (Å²) < 4.78 is 56.7. The Morgan fingerprint density at radius 1 is 1.25 bits per heavy atom. The Bertz CT molecular complexity index is 802. The second-order valence-corrected chi connectivity index (χ2v) is 7.69. The minimum atomic E-state index is -4.61. The van der Waals surface area contributed by atoms with Crippen molar-refractivity contribution in [2.45, 2.75) is 24.6 Å². The number of rotatable bonds is 3. The van der Waals surface area contributed by atoms with Crippen molar-refractivity contribution in [1.29, 1.82) is 0 Å². The number of nitrogens with zero attached hydrogens (tertiary/aromatic N) is 2. The predicted octanol–water partition coefficient (Wildman–Crippen LogP) is 2.24. The maximum Gasteiger partial charge on any atom is 0.416 e. The zero-order valence-corrected chi connectivity index (χ0v) is 14.9. The summed E-state index contributed by atoms with van der Waals surface area (Å²) in [5, 5.41) is 2.92. The molecule has 4 rings (SSSR count). The fraction of sp³-hybridized carbons (Fsp3) is 0.556. The Hall–Kier alpha value is -2.52. The van der Waals surface area contributed by atoms with E-state index in [-0.39, 0.29) is 35.8 Å². The average molecular weight is 401 g/mol. The second-order valence-electron chi connectivity index (χ2n) is 7.69. The molecule has 1 N–H and O–H groups in total. The van der Waals surface area contributed by atoms with Gasteiger partial charge in [0.15, 0.2) is 11.6 Å². The Labute approximate surface area is 158 Å². The fourth-order valence-electron chi connectivity index (χ4n) is 3.86. The van der Waals surface area contributed by atoms with Crippen LogP contribution >= 0.6 is 0 Å². The summed E-state index contributed by atoms with van der Waals surface area (Å²) in [5.41, 5.74) is -1.33. The third-order valence-corrected chi connectivity index (χ3v) is 5.45. The van der Waals surface area contributed by atoms with Crippen molar-refractivity contribution in [3.63, 3.8) is 0 Å². The molecule has 0 radical (unpaired) electrons. The van der Waals surface area contributed by atoms with Gasteiger partial charge in [0.2, 0.25) is 5.91 Å². The molecule has 0 unspecified atom stereocenters. The van der Waals surface area contributed by atoms with E-state index in [2.05, 4.69) is 5.32 Å². The number of amides is 3. The highest BCUT2D eigenvalue weighted by atomic mass is 19.4. The number of halogens is 4. The summed E-state index contributed by atoms with van der Waals surface area (Å²) in [6.07, 6.45) is -3.37. The van der Waals surface area contributed by atoms with Gasteiger partial charge in [-0.25, -0.2) is 9.18 Å². The van der Waals surface area contributed by atoms with Gasteiger partial charge in [-0.1, -0.05) is 0 Å². The van der Waals surface area contributed by atoms with Gasteiger partial charge in [-0.2, -0.15) is 13.2 Å². The highest BCUT2D eigenvalue weighted by Gasteiger charge is 2.51. The normalized spacial score (nSPS) is 21.4. The highest BCUT2D eigenvalue weighted by molar-refractivity contribution is 5.82. The molecule has 0 saturated carbocycles. The zero-order valence-electron chi connectivity index (χ0n) is 14.9. The van der Waals surface area contributed by atoms with Crippen LogP contribution in [0.25, 0.3) is 0 Å². The molecule has 3 heterocycles. The van der Waals surface area contributed by atoms with Crippen LogP contribution in [0, 0.1) is 11.7 Å². The molecule has 3 saturated heterocycles. The summed E-state index contributed by atoms with van der Waals surface area (Å²) >= 11 is 0. The number of carbonyl (C=O) groups is 2. The number of ether oxygens (including phenoxy) is 1. The molecule has 3 aliphatic heterocycles. The highest BCUT2D eigenvalue weighted by Crippen LogP contribution is 2.34. The van der Waals surface area contributed by atoms with Gasteiger partial charge in [-0.15, -0.1) is 0 Å². The van der Waals surface area contributed by atoms with Crippen LogP contribution in [0.3, 0.4) is 0 Å². The van der Waals surface area contributed by atoms with E-state index in [1.54, 1.807) is 9.80 Å². The van der Waals surface area contributed by atoms with Crippen molar-refractivity contribution >= 4 is 11.9 Å². The molecule has 3 aliphatic rings. The van der Waals surface area contributed by atoms with Gasteiger partial charge in [0.25, 0.3) is 0 Å². The van der Waals surface area contributed by atoms with Crippen LogP contribution in [0.5, 0.6) is 5.75 Å². The first-order valence-corrected chi connectivity index (χ1v) is 9.00. The molecule has 152 valence electrons. The number of hydrogen-bond acceptors (Lipinski definition) is 3. The van der Waals surface area contributed by atoms with Crippen molar-refractivity contribution in [2.75, 3.05) is 32.8 Å². The van der Waals surface area contributed by atoms with E-state index >= 15 is 0 Å². The number of carbonyl (C=O) groups excluding carboxylic acids is 2. The van der Waals surface area contributed by atoms with Gasteiger partial charge in [0.1, 0.15) is 0 Å². The smallest absolute Gasteiger partial charge is 0.416 e. The molecule has 1 spiro atoms. The lowest BCUT2D eigenvalue weighted by Gasteiger charge is -2.51. The monoisotopic (exact) mass is 401 g/mol. The summed E-state index contributed by atoms with van der Waals surface area (Å²) in [7, 11) is 0. The predicted molar refractivity (Wildman–Crippen MR) is 89.0 cm³/mol. The minimum absolute atomic E-state index is 0.00735. The van der Waals surface area contributed by atoms with Crippen LogP contribution < -0.4 is 10.1 Å². The number of hydrogen-bond donors (Lipinski definition) is 1. The molecule has 28 heavy (non-hydrogen) atoms. The van der Waals surface area contributed by atoms with Crippen LogP contribution in [0.15, 0.2) is 18.2 Å². The average Bonchev–Trinajstić information content (AvgIpc) is 2.94. The molecule has 0 aliphatic carbocycles. The van der Waals surface area contributed by atoms with Gasteiger partial charge in [0, 0.05) is 38.5 Å². The number of likely N-dealkylation sites (tertiary alicyclic amines) is 2. The molecule has 3 amide bonds. The molecular formula is C18H19F4N3O3. The van der Waals surface area contributed by atoms with Crippen molar-refractivity contribution < 1.29 is 31.9 Å². The van der Waals surface area contributed by atoms with E-state index in [1.165, 1.54) is 0 Å². The summed E-state index contributed by atoms with van der Waals surface area (Å²) in [5.74, 6) is -1.29. The van der Waals surface area contributed by atoms with E-state index < -0.39 is 17.6 Å². The van der Waals surface area contributed by atoms with Crippen molar-refractivity contribution in [1.82, 2.24) is 15.1 Å². The van der Waals surface area contributed by atoms with Gasteiger partial charge in [-0.3, -0.25) is 4.79 Å². The Morgan fingerprint density at radius 2 is 1.96 bits per heavy atom. The summed E-state index contributed by atoms with van der Waals surface area (Å²) in [4.78, 5) is 27.0. The molecule has 1 aromatic rings. The van der Waals surface area contributed by atoms with Crippen molar-refractivity contribution in [3.05, 3.63) is 29.6 Å². The largest absolute Gasteiger partial charge is 0.490 e. The van der Waals surface area contributed by atoms with Gasteiger partial charge in [0.05, 0.1) is 17.7 Å². The first-order chi connectivity index (χ1) is 13.2. The third kappa shape index (κ3) is 3.47. The molecular weight excluding hydrogens is 382 g/mol. The molecule has 0 bridgehead atoms. The van der Waals surface area contributed by atoms with Crippen LogP contribution in [-0.2, 0) is 11.0 Å². The summed E-state index contributed by atoms with van der Waals surface area (Å²) in [6.45, 7) is 2.01. The SMILES string of the molecule is O=C1CCC2(CN(C(=O)N3CC(COc4ccc(C(F)(F)F)cc4F)C3)C2)N1. The number of benzene rings is 1. The molecule has 0 aromatic heterocycles. The van der Waals surface area contributed by atoms with E-state index in [0.717, 1.165) is 18.6 Å². The maximum absolute atomic E-state index is 13.8. The lowest BCUT2D eigenvalue weighted by atomic mass is 9.88. The Balaban J connectivity index is 1.21. The molecule has 1 aromatic carbocycles. The van der Waals surface area contributed by atoms with E-state index in [1.807, 2.05) is 0 Å². The first-order valence-electron chi connectivity index (χ1n) is 9.00. The second kappa shape index (κ2) is 6.52. The first kappa shape index (κ1) is 18.8. The van der Waals surface area contributed by atoms with Crippen LogP contribution in [0.2, 0.25) is 0 Å². The van der Waals surface area contributed by atoms with Gasteiger partial charge >= 0.3 is 12.2 Å². The number of alkyl halides is 3. The van der Waals surface area contributed by atoms with Crippen molar-refractivity contribution in [2.24, 2.45) is 5.92 Å². The van der Waals surface area contributed by atoms with E-state index in [9.17, 15) is 27.2 Å². The molecule has 0 atom stereocenters.